The summed E-state index contributed by atoms with van der Waals surface area (Å²) in [6.07, 6.45) is 2.39. The minimum Gasteiger partial charge on any atom is -0.497 e. The number of aryl methyl sites for hydroxylation is 2. The van der Waals surface area contributed by atoms with Crippen LogP contribution in [0, 0.1) is 13.8 Å². The number of aromatic nitrogens is 2. The molecule has 7 nitrogen and oxygen atoms in total. The molecule has 0 aliphatic carbocycles. The molecule has 0 fully saturated rings. The second kappa shape index (κ2) is 10.1. The van der Waals surface area contributed by atoms with Gasteiger partial charge < -0.3 is 19.2 Å². The lowest BCUT2D eigenvalue weighted by molar-refractivity contribution is -0.121. The third kappa shape index (κ3) is 5.44. The molecule has 1 N–H and O–H groups in total. The molecule has 33 heavy (non-hydrogen) atoms. The van der Waals surface area contributed by atoms with Gasteiger partial charge in [-0.05, 0) is 74.4 Å². The van der Waals surface area contributed by atoms with E-state index in [1.807, 2.05) is 68.4 Å². The van der Waals surface area contributed by atoms with Gasteiger partial charge in [-0.1, -0.05) is 12.1 Å². The Labute approximate surface area is 192 Å². The maximum Gasteiger partial charge on any atom is 0.226 e. The van der Waals surface area contributed by atoms with Crippen LogP contribution in [0.4, 0.5) is 0 Å². The number of rotatable bonds is 9. The van der Waals surface area contributed by atoms with Crippen molar-refractivity contribution < 1.29 is 18.7 Å². The Kier molecular flexibility index (Phi) is 6.78. The molecule has 0 saturated heterocycles. The molecule has 7 heteroatoms. The van der Waals surface area contributed by atoms with Crippen molar-refractivity contribution >= 4 is 5.91 Å². The first-order chi connectivity index (χ1) is 16.0. The highest BCUT2D eigenvalue weighted by molar-refractivity contribution is 5.76. The normalized spacial score (nSPS) is 10.8. The van der Waals surface area contributed by atoms with E-state index in [4.69, 9.17) is 19.0 Å². The number of furan rings is 1. The molecule has 2 heterocycles. The summed E-state index contributed by atoms with van der Waals surface area (Å²) in [6.45, 7) is 4.31. The summed E-state index contributed by atoms with van der Waals surface area (Å²) in [5, 5.41) is 7.61. The van der Waals surface area contributed by atoms with Gasteiger partial charge in [-0.3, -0.25) is 4.79 Å². The van der Waals surface area contributed by atoms with E-state index in [0.29, 0.717) is 31.0 Å². The van der Waals surface area contributed by atoms with Gasteiger partial charge in [0.05, 0.1) is 31.3 Å². The van der Waals surface area contributed by atoms with Crippen LogP contribution in [-0.4, -0.2) is 22.8 Å². The smallest absolute Gasteiger partial charge is 0.226 e. The molecule has 0 spiro atoms. The Morgan fingerprint density at radius 3 is 2.58 bits per heavy atom. The van der Waals surface area contributed by atoms with E-state index in [1.165, 1.54) is 0 Å². The zero-order valence-electron chi connectivity index (χ0n) is 19.0. The summed E-state index contributed by atoms with van der Waals surface area (Å²) in [5.41, 5.74) is 3.64. The summed E-state index contributed by atoms with van der Waals surface area (Å²) in [7, 11) is 1.63. The third-order valence-electron chi connectivity index (χ3n) is 5.30. The molecule has 0 radical (unpaired) electrons. The van der Waals surface area contributed by atoms with Crippen LogP contribution in [0.25, 0.3) is 5.69 Å². The molecule has 1 amide bonds. The number of nitrogens with one attached hydrogen (secondary N) is 1. The second-order valence-electron chi connectivity index (χ2n) is 7.75. The van der Waals surface area contributed by atoms with Crippen LogP contribution in [-0.2, 0) is 17.8 Å². The highest BCUT2D eigenvalue weighted by Gasteiger charge is 2.20. The van der Waals surface area contributed by atoms with Gasteiger partial charge in [0, 0.05) is 12.0 Å². The van der Waals surface area contributed by atoms with Crippen molar-refractivity contribution in [3.8, 4) is 23.1 Å². The molecular formula is C26H27N3O4. The number of methoxy groups -OCH3 is 1. The number of carbonyl (C=O) groups excluding carboxylic acids is 1. The fraction of sp³-hybridized carbons (Fsp3) is 0.231. The van der Waals surface area contributed by atoms with Crippen molar-refractivity contribution in [1.82, 2.24) is 15.1 Å². The number of amides is 1. The van der Waals surface area contributed by atoms with E-state index in [2.05, 4.69) is 5.32 Å². The van der Waals surface area contributed by atoms with Crippen molar-refractivity contribution in [2.75, 3.05) is 7.11 Å². The molecule has 4 rings (SSSR count). The van der Waals surface area contributed by atoms with Crippen molar-refractivity contribution in [3.05, 3.63) is 89.5 Å². The van der Waals surface area contributed by atoms with E-state index in [0.717, 1.165) is 34.0 Å². The predicted octanol–water partition coefficient (Wildman–Crippen LogP) is 5.13. The van der Waals surface area contributed by atoms with Gasteiger partial charge in [0.15, 0.2) is 0 Å². The van der Waals surface area contributed by atoms with Gasteiger partial charge in [-0.2, -0.15) is 5.10 Å². The Hall–Kier alpha value is -4.00. The van der Waals surface area contributed by atoms with Crippen molar-refractivity contribution in [3.63, 3.8) is 0 Å². The zero-order chi connectivity index (χ0) is 23.2. The molecule has 2 aromatic heterocycles. The molecule has 0 saturated carbocycles. The summed E-state index contributed by atoms with van der Waals surface area (Å²) in [4.78, 5) is 12.4. The van der Waals surface area contributed by atoms with Crippen molar-refractivity contribution in [1.29, 1.82) is 0 Å². The monoisotopic (exact) mass is 445 g/mol. The number of benzene rings is 2. The van der Waals surface area contributed by atoms with Gasteiger partial charge in [0.25, 0.3) is 0 Å². The minimum atomic E-state index is -0.0653. The highest BCUT2D eigenvalue weighted by Crippen LogP contribution is 2.32. The lowest BCUT2D eigenvalue weighted by Gasteiger charge is -2.12. The van der Waals surface area contributed by atoms with Crippen molar-refractivity contribution in [2.45, 2.75) is 33.2 Å². The van der Waals surface area contributed by atoms with Crippen LogP contribution in [0.5, 0.6) is 17.4 Å². The van der Waals surface area contributed by atoms with Crippen LogP contribution in [0.3, 0.4) is 0 Å². The molecule has 0 aliphatic heterocycles. The van der Waals surface area contributed by atoms with Crippen LogP contribution in [0.1, 0.15) is 29.0 Å². The first kappa shape index (κ1) is 22.2. The van der Waals surface area contributed by atoms with Gasteiger partial charge in [0.1, 0.15) is 17.3 Å². The number of hydrogen-bond acceptors (Lipinski definition) is 5. The highest BCUT2D eigenvalue weighted by atomic mass is 16.5. The number of carbonyl (C=O) groups is 1. The number of ether oxygens (including phenoxy) is 2. The Morgan fingerprint density at radius 2 is 1.88 bits per heavy atom. The largest absolute Gasteiger partial charge is 0.497 e. The van der Waals surface area contributed by atoms with E-state index in [9.17, 15) is 4.79 Å². The molecule has 0 bridgehead atoms. The van der Waals surface area contributed by atoms with E-state index in [1.54, 1.807) is 24.1 Å². The summed E-state index contributed by atoms with van der Waals surface area (Å²) >= 11 is 0. The van der Waals surface area contributed by atoms with E-state index in [-0.39, 0.29) is 5.91 Å². The predicted molar refractivity (Wildman–Crippen MR) is 125 cm³/mol. The Bertz CT molecular complexity index is 1210. The molecule has 0 atom stereocenters. The van der Waals surface area contributed by atoms with Crippen LogP contribution in [0.2, 0.25) is 0 Å². The lowest BCUT2D eigenvalue weighted by Crippen LogP contribution is -2.22. The lowest BCUT2D eigenvalue weighted by atomic mass is 10.1. The fourth-order valence-corrected chi connectivity index (χ4v) is 3.55. The fourth-order valence-electron chi connectivity index (χ4n) is 3.55. The Morgan fingerprint density at radius 1 is 1.06 bits per heavy atom. The summed E-state index contributed by atoms with van der Waals surface area (Å²) in [5.74, 6) is 2.73. The minimum absolute atomic E-state index is 0.0653. The first-order valence-corrected chi connectivity index (χ1v) is 10.8. The SMILES string of the molecule is COc1ccc(-n2nc(C)c(CCC(=O)NCc3ccco3)c2Oc2cccc(C)c2)cc1. The van der Waals surface area contributed by atoms with Gasteiger partial charge in [-0.25, -0.2) is 4.68 Å². The second-order valence-corrected chi connectivity index (χ2v) is 7.75. The zero-order valence-corrected chi connectivity index (χ0v) is 19.0. The average Bonchev–Trinajstić information content (AvgIpc) is 3.44. The standard InChI is InChI=1S/C26H27N3O4/c1-18-6-4-7-22(16-18)33-26-24(13-14-25(30)27-17-23-8-5-15-32-23)19(2)28-29(26)20-9-11-21(31-3)12-10-20/h4-12,15-16H,13-14,17H2,1-3H3,(H,27,30). The van der Waals surface area contributed by atoms with Crippen LogP contribution >= 0.6 is 0 Å². The van der Waals surface area contributed by atoms with E-state index < -0.39 is 0 Å². The van der Waals surface area contributed by atoms with Gasteiger partial charge in [0.2, 0.25) is 11.8 Å². The van der Waals surface area contributed by atoms with Gasteiger partial charge in [-0.15, -0.1) is 0 Å². The average molecular weight is 446 g/mol. The van der Waals surface area contributed by atoms with Crippen molar-refractivity contribution in [2.24, 2.45) is 0 Å². The van der Waals surface area contributed by atoms with Crippen LogP contribution < -0.4 is 14.8 Å². The van der Waals surface area contributed by atoms with Gasteiger partial charge >= 0.3 is 0 Å². The molecule has 4 aromatic rings. The topological polar surface area (TPSA) is 78.5 Å². The maximum atomic E-state index is 12.4. The maximum absolute atomic E-state index is 12.4. The van der Waals surface area contributed by atoms with E-state index >= 15 is 0 Å². The third-order valence-corrected chi connectivity index (χ3v) is 5.30. The molecular weight excluding hydrogens is 418 g/mol. The molecule has 0 aliphatic rings. The summed E-state index contributed by atoms with van der Waals surface area (Å²) < 4.78 is 18.6. The number of hydrogen-bond donors (Lipinski definition) is 1. The molecule has 2 aromatic carbocycles. The first-order valence-electron chi connectivity index (χ1n) is 10.8. The molecule has 0 unspecified atom stereocenters. The van der Waals surface area contributed by atoms with Crippen LogP contribution in [0.15, 0.2) is 71.3 Å². The number of nitrogens with zero attached hydrogens (tertiary/aromatic N) is 2. The quantitative estimate of drug-likeness (QED) is 0.386. The Balaban J connectivity index is 1.59. The molecule has 170 valence electrons. The summed E-state index contributed by atoms with van der Waals surface area (Å²) in [6, 6.07) is 19.1.